The van der Waals surface area contributed by atoms with Gasteiger partial charge in [-0.1, -0.05) is 78.3 Å². The van der Waals surface area contributed by atoms with Crippen molar-refractivity contribution in [3.8, 4) is 5.75 Å². The van der Waals surface area contributed by atoms with E-state index in [1.165, 1.54) is 6.07 Å². The zero-order valence-corrected chi connectivity index (χ0v) is 16.6. The van der Waals surface area contributed by atoms with E-state index in [4.69, 9.17) is 16.3 Å². The number of hydrogen-bond donors (Lipinski definition) is 1. The molecule has 0 aliphatic carbocycles. The first-order valence-electron chi connectivity index (χ1n) is 9.53. The Bertz CT molecular complexity index is 1130. The van der Waals surface area contributed by atoms with Crippen molar-refractivity contribution in [2.24, 2.45) is 0 Å². The Morgan fingerprint density at radius 3 is 2.31 bits per heavy atom. The van der Waals surface area contributed by atoms with Gasteiger partial charge in [-0.25, -0.2) is 4.39 Å². The van der Waals surface area contributed by atoms with Crippen molar-refractivity contribution in [3.05, 3.63) is 112 Å². The molecule has 0 radical (unpaired) electrons. The second-order valence-electron chi connectivity index (χ2n) is 6.84. The lowest BCUT2D eigenvalue weighted by Crippen LogP contribution is -2.14. The number of halogens is 2. The predicted octanol–water partition coefficient (Wildman–Crippen LogP) is 6.50. The van der Waals surface area contributed by atoms with Crippen LogP contribution in [0.3, 0.4) is 0 Å². The highest BCUT2D eigenvalue weighted by molar-refractivity contribution is 6.31. The van der Waals surface area contributed by atoms with Crippen molar-refractivity contribution >= 4 is 22.4 Å². The van der Waals surface area contributed by atoms with Crippen LogP contribution in [0, 0.1) is 5.82 Å². The van der Waals surface area contributed by atoms with Crippen LogP contribution in [-0.2, 0) is 19.7 Å². The summed E-state index contributed by atoms with van der Waals surface area (Å²) in [6.45, 7) is 1.44. The van der Waals surface area contributed by atoms with Gasteiger partial charge in [-0.3, -0.25) is 0 Å². The largest absolute Gasteiger partial charge is 0.488 e. The van der Waals surface area contributed by atoms with E-state index in [2.05, 4.69) is 17.4 Å². The number of rotatable bonds is 7. The lowest BCUT2D eigenvalue weighted by Gasteiger charge is -2.16. The maximum Gasteiger partial charge on any atom is 0.129 e. The first-order chi connectivity index (χ1) is 14.2. The van der Waals surface area contributed by atoms with E-state index in [9.17, 15) is 4.39 Å². The molecule has 0 aliphatic rings. The van der Waals surface area contributed by atoms with Gasteiger partial charge in [0.25, 0.3) is 0 Å². The fourth-order valence-corrected chi connectivity index (χ4v) is 3.57. The first kappa shape index (κ1) is 19.4. The highest BCUT2D eigenvalue weighted by atomic mass is 35.5. The van der Waals surface area contributed by atoms with Crippen molar-refractivity contribution < 1.29 is 9.13 Å². The van der Waals surface area contributed by atoms with Crippen molar-refractivity contribution in [2.45, 2.75) is 19.7 Å². The summed E-state index contributed by atoms with van der Waals surface area (Å²) in [5, 5.41) is 6.46. The zero-order valence-electron chi connectivity index (χ0n) is 15.9. The topological polar surface area (TPSA) is 21.3 Å². The van der Waals surface area contributed by atoms with Crippen molar-refractivity contribution in [1.29, 1.82) is 0 Å². The van der Waals surface area contributed by atoms with E-state index in [1.807, 2.05) is 54.6 Å². The van der Waals surface area contributed by atoms with E-state index in [0.29, 0.717) is 18.7 Å². The van der Waals surface area contributed by atoms with Gasteiger partial charge in [-0.05, 0) is 34.5 Å². The summed E-state index contributed by atoms with van der Waals surface area (Å²) in [6, 6.07) is 26.7. The summed E-state index contributed by atoms with van der Waals surface area (Å²) >= 11 is 6.26. The molecule has 0 saturated carbocycles. The predicted molar refractivity (Wildman–Crippen MR) is 117 cm³/mol. The van der Waals surface area contributed by atoms with Gasteiger partial charge in [0.1, 0.15) is 18.2 Å². The number of fused-ring (bicyclic) bond motifs is 1. The normalized spacial score (nSPS) is 11.0. The molecule has 0 heterocycles. The third-order valence-electron chi connectivity index (χ3n) is 4.91. The molecule has 0 atom stereocenters. The van der Waals surface area contributed by atoms with Crippen LogP contribution in [0.15, 0.2) is 84.9 Å². The van der Waals surface area contributed by atoms with Crippen LogP contribution in [0.2, 0.25) is 5.02 Å². The molecule has 146 valence electrons. The van der Waals surface area contributed by atoms with Gasteiger partial charge in [-0.2, -0.15) is 0 Å². The smallest absolute Gasteiger partial charge is 0.129 e. The fraction of sp³-hybridized carbons (Fsp3) is 0.120. The van der Waals surface area contributed by atoms with E-state index in [1.54, 1.807) is 12.1 Å². The average molecular weight is 406 g/mol. The molecule has 0 saturated heterocycles. The maximum atomic E-state index is 14.0. The Balaban J connectivity index is 1.57. The van der Waals surface area contributed by atoms with Gasteiger partial charge < -0.3 is 10.1 Å². The highest BCUT2D eigenvalue weighted by Crippen LogP contribution is 2.29. The quantitative estimate of drug-likeness (QED) is 0.379. The van der Waals surface area contributed by atoms with Crippen molar-refractivity contribution in [3.63, 3.8) is 0 Å². The van der Waals surface area contributed by atoms with Gasteiger partial charge >= 0.3 is 0 Å². The molecule has 0 unspecified atom stereocenters. The Morgan fingerprint density at radius 1 is 0.759 bits per heavy atom. The third-order valence-corrected chi connectivity index (χ3v) is 5.28. The van der Waals surface area contributed by atoms with E-state index in [0.717, 1.165) is 32.7 Å². The minimum atomic E-state index is -0.258. The molecule has 29 heavy (non-hydrogen) atoms. The highest BCUT2D eigenvalue weighted by Gasteiger charge is 2.11. The first-order valence-corrected chi connectivity index (χ1v) is 9.91. The molecule has 4 aromatic rings. The van der Waals surface area contributed by atoms with E-state index >= 15 is 0 Å². The Morgan fingerprint density at radius 2 is 1.48 bits per heavy atom. The molecule has 0 fully saturated rings. The van der Waals surface area contributed by atoms with Crippen molar-refractivity contribution in [2.75, 3.05) is 0 Å². The van der Waals surface area contributed by atoms with Crippen LogP contribution < -0.4 is 10.1 Å². The molecule has 0 aromatic heterocycles. The van der Waals surface area contributed by atoms with Gasteiger partial charge in [0.05, 0.1) is 0 Å². The minimum Gasteiger partial charge on any atom is -0.488 e. The molecule has 1 N–H and O–H groups in total. The van der Waals surface area contributed by atoms with Gasteiger partial charge in [0.15, 0.2) is 0 Å². The van der Waals surface area contributed by atoms with Crippen LogP contribution in [0.4, 0.5) is 4.39 Å². The number of benzene rings is 4. The van der Waals surface area contributed by atoms with Crippen LogP contribution in [0.5, 0.6) is 5.75 Å². The molecule has 0 amide bonds. The van der Waals surface area contributed by atoms with Gasteiger partial charge in [-0.15, -0.1) is 0 Å². The summed E-state index contributed by atoms with van der Waals surface area (Å²) in [4.78, 5) is 0. The molecule has 4 aromatic carbocycles. The third kappa shape index (κ3) is 4.58. The number of ether oxygens (including phenoxy) is 1. The SMILES string of the molecule is Fc1ccccc1COc1ccc2ccccc2c1CNCc1ccccc1Cl. The van der Waals surface area contributed by atoms with Crippen LogP contribution >= 0.6 is 11.6 Å². The molecule has 2 nitrogen and oxygen atoms in total. The van der Waals surface area contributed by atoms with Crippen LogP contribution in [-0.4, -0.2) is 0 Å². The summed E-state index contributed by atoms with van der Waals surface area (Å²) in [5.74, 6) is 0.491. The lowest BCUT2D eigenvalue weighted by atomic mass is 10.0. The van der Waals surface area contributed by atoms with Gasteiger partial charge in [0.2, 0.25) is 0 Å². The monoisotopic (exact) mass is 405 g/mol. The Hall–Kier alpha value is -2.88. The standard InChI is InChI=1S/C25H21ClFNO/c26-23-11-5-2-8-19(23)15-28-16-22-21-10-4-1-7-18(21)13-14-25(22)29-17-20-9-3-6-12-24(20)27/h1-14,28H,15-17H2. The summed E-state index contributed by atoms with van der Waals surface area (Å²) in [6.07, 6.45) is 0. The summed E-state index contributed by atoms with van der Waals surface area (Å²) in [7, 11) is 0. The van der Waals surface area contributed by atoms with E-state index < -0.39 is 0 Å². The molecule has 0 aliphatic heterocycles. The molecule has 0 spiro atoms. The second kappa shape index (κ2) is 9.08. The second-order valence-corrected chi connectivity index (χ2v) is 7.25. The van der Waals surface area contributed by atoms with E-state index in [-0.39, 0.29) is 12.4 Å². The molecular weight excluding hydrogens is 385 g/mol. The summed E-state index contributed by atoms with van der Waals surface area (Å²) < 4.78 is 20.0. The van der Waals surface area contributed by atoms with Crippen molar-refractivity contribution in [1.82, 2.24) is 5.32 Å². The zero-order chi connectivity index (χ0) is 20.1. The summed E-state index contributed by atoms with van der Waals surface area (Å²) in [5.41, 5.74) is 2.63. The molecule has 4 heteroatoms. The molecule has 4 rings (SSSR count). The number of hydrogen-bond acceptors (Lipinski definition) is 2. The number of nitrogens with one attached hydrogen (secondary N) is 1. The average Bonchev–Trinajstić information content (AvgIpc) is 2.75. The van der Waals surface area contributed by atoms with Crippen LogP contribution in [0.25, 0.3) is 10.8 Å². The minimum absolute atomic E-state index is 0.183. The Labute approximate surface area is 174 Å². The Kier molecular flexibility index (Phi) is 6.09. The van der Waals surface area contributed by atoms with Crippen LogP contribution in [0.1, 0.15) is 16.7 Å². The molecular formula is C25H21ClFNO. The van der Waals surface area contributed by atoms with Gasteiger partial charge in [0, 0.05) is 29.2 Å². The fourth-order valence-electron chi connectivity index (χ4n) is 3.37. The molecule has 0 bridgehead atoms. The lowest BCUT2D eigenvalue weighted by molar-refractivity contribution is 0.296. The maximum absolute atomic E-state index is 14.0.